The molecule has 0 radical (unpaired) electrons. The third kappa shape index (κ3) is 2.82. The zero-order valence-corrected chi connectivity index (χ0v) is 14.7. The highest BCUT2D eigenvalue weighted by Crippen LogP contribution is 2.42. The van der Waals surface area contributed by atoms with Gasteiger partial charge in [0.05, 0.1) is 29.2 Å². The Morgan fingerprint density at radius 1 is 1.20 bits per heavy atom. The van der Waals surface area contributed by atoms with Crippen LogP contribution in [0.3, 0.4) is 0 Å². The van der Waals surface area contributed by atoms with E-state index in [1.54, 1.807) is 12.4 Å². The summed E-state index contributed by atoms with van der Waals surface area (Å²) in [6.07, 6.45) is 7.80. The van der Waals surface area contributed by atoms with Crippen molar-refractivity contribution in [2.45, 2.75) is 39.7 Å². The van der Waals surface area contributed by atoms with E-state index in [1.807, 2.05) is 18.7 Å². The highest BCUT2D eigenvalue weighted by Gasteiger charge is 2.49. The summed E-state index contributed by atoms with van der Waals surface area (Å²) in [6.45, 7) is 7.26. The van der Waals surface area contributed by atoms with Gasteiger partial charge in [0.2, 0.25) is 5.91 Å². The molecule has 7 nitrogen and oxygen atoms in total. The van der Waals surface area contributed by atoms with Gasteiger partial charge in [-0.3, -0.25) is 9.69 Å². The molecule has 132 valence electrons. The fraction of sp³-hybridized carbons (Fsp3) is 0.556. The minimum atomic E-state index is -0.285. The van der Waals surface area contributed by atoms with E-state index in [-0.39, 0.29) is 11.3 Å². The molecule has 1 atom stereocenters. The first-order chi connectivity index (χ1) is 12.1. The second kappa shape index (κ2) is 6.22. The second-order valence-electron chi connectivity index (χ2n) is 7.20. The molecule has 1 spiro atoms. The third-order valence-electron chi connectivity index (χ3n) is 5.59. The average Bonchev–Trinajstić information content (AvgIpc) is 3.11. The monoisotopic (exact) mass is 341 g/mol. The van der Waals surface area contributed by atoms with Crippen molar-refractivity contribution in [1.82, 2.24) is 20.0 Å². The zero-order chi connectivity index (χ0) is 17.4. The first-order valence-corrected chi connectivity index (χ1v) is 8.80. The lowest BCUT2D eigenvalue weighted by Gasteiger charge is -2.39. The lowest BCUT2D eigenvalue weighted by Crippen LogP contribution is -2.47. The van der Waals surface area contributed by atoms with E-state index < -0.39 is 0 Å². The average molecular weight is 341 g/mol. The van der Waals surface area contributed by atoms with Crippen LogP contribution >= 0.6 is 0 Å². The van der Waals surface area contributed by atoms with Crippen LogP contribution in [0.25, 0.3) is 0 Å². The fourth-order valence-corrected chi connectivity index (χ4v) is 4.19. The molecule has 1 unspecified atom stereocenters. The van der Waals surface area contributed by atoms with Gasteiger partial charge in [0.25, 0.3) is 0 Å². The van der Waals surface area contributed by atoms with E-state index in [0.717, 1.165) is 68.1 Å². The van der Waals surface area contributed by atoms with Gasteiger partial charge in [-0.15, -0.1) is 0 Å². The molecule has 2 saturated heterocycles. The number of carbonyl (C=O) groups is 1. The molecule has 4 rings (SSSR count). The number of hydrogen-bond acceptors (Lipinski definition) is 6. The first kappa shape index (κ1) is 16.2. The lowest BCUT2D eigenvalue weighted by molar-refractivity contribution is -0.128. The number of aryl methyl sites for hydroxylation is 2. The van der Waals surface area contributed by atoms with E-state index >= 15 is 0 Å². The number of anilines is 1. The normalized spacial score (nSPS) is 24.4. The van der Waals surface area contributed by atoms with E-state index in [0.29, 0.717) is 0 Å². The van der Waals surface area contributed by atoms with Crippen molar-refractivity contribution in [2.24, 2.45) is 5.41 Å². The van der Waals surface area contributed by atoms with Gasteiger partial charge in [0, 0.05) is 25.2 Å². The van der Waals surface area contributed by atoms with Crippen molar-refractivity contribution in [3.63, 3.8) is 0 Å². The molecule has 0 N–H and O–H groups in total. The summed E-state index contributed by atoms with van der Waals surface area (Å²) < 4.78 is 5.28. The molecule has 2 aromatic rings. The van der Waals surface area contributed by atoms with Crippen LogP contribution in [0.15, 0.2) is 23.2 Å². The number of aromatic nitrogens is 3. The number of piperidine rings is 1. The van der Waals surface area contributed by atoms with Gasteiger partial charge < -0.3 is 9.42 Å². The molecule has 25 heavy (non-hydrogen) atoms. The third-order valence-corrected chi connectivity index (χ3v) is 5.59. The summed E-state index contributed by atoms with van der Waals surface area (Å²) >= 11 is 0. The lowest BCUT2D eigenvalue weighted by atomic mass is 9.78. The molecular weight excluding hydrogens is 318 g/mol. The van der Waals surface area contributed by atoms with E-state index in [9.17, 15) is 4.79 Å². The molecule has 0 saturated carbocycles. The van der Waals surface area contributed by atoms with Crippen LogP contribution in [-0.2, 0) is 11.3 Å². The molecule has 0 aliphatic carbocycles. The summed E-state index contributed by atoms with van der Waals surface area (Å²) in [4.78, 5) is 25.5. The van der Waals surface area contributed by atoms with Crippen molar-refractivity contribution in [3.05, 3.63) is 35.7 Å². The van der Waals surface area contributed by atoms with Gasteiger partial charge in [-0.25, -0.2) is 9.97 Å². The Kier molecular flexibility index (Phi) is 4.03. The molecular formula is C18H23N5O2. The van der Waals surface area contributed by atoms with Crippen LogP contribution in [0.4, 0.5) is 5.69 Å². The predicted octanol–water partition coefficient (Wildman–Crippen LogP) is 2.10. The molecule has 1 amide bonds. The number of likely N-dealkylation sites (tertiary alicyclic amines) is 1. The maximum absolute atomic E-state index is 13.2. The Bertz CT molecular complexity index is 756. The van der Waals surface area contributed by atoms with Crippen molar-refractivity contribution in [3.8, 4) is 0 Å². The van der Waals surface area contributed by atoms with E-state index in [4.69, 9.17) is 4.52 Å². The minimum Gasteiger partial charge on any atom is -0.361 e. The molecule has 7 heteroatoms. The standard InChI is InChI=1S/C18H23N5O2/c1-13-16(14(2)25-21-13)10-22-6-3-4-18(11-22)5-7-23(17(18)24)15-8-19-12-20-9-15/h8-9,12H,3-7,10-11H2,1-2H3. The highest BCUT2D eigenvalue weighted by atomic mass is 16.5. The number of hydrogen-bond donors (Lipinski definition) is 0. The Morgan fingerprint density at radius 3 is 2.72 bits per heavy atom. The Morgan fingerprint density at radius 2 is 2.00 bits per heavy atom. The Balaban J connectivity index is 1.52. The summed E-state index contributed by atoms with van der Waals surface area (Å²) in [5.74, 6) is 1.09. The molecule has 2 aromatic heterocycles. The van der Waals surface area contributed by atoms with Crippen LogP contribution in [0.1, 0.15) is 36.3 Å². The number of nitrogens with zero attached hydrogens (tertiary/aromatic N) is 5. The Labute approximate surface area is 147 Å². The van der Waals surface area contributed by atoms with Crippen LogP contribution < -0.4 is 4.90 Å². The van der Waals surface area contributed by atoms with Gasteiger partial charge in [-0.2, -0.15) is 0 Å². The summed E-state index contributed by atoms with van der Waals surface area (Å²) in [5, 5.41) is 4.05. The quantitative estimate of drug-likeness (QED) is 0.851. The van der Waals surface area contributed by atoms with Crippen LogP contribution in [-0.4, -0.2) is 45.6 Å². The topological polar surface area (TPSA) is 75.4 Å². The first-order valence-electron chi connectivity index (χ1n) is 8.80. The fourth-order valence-electron chi connectivity index (χ4n) is 4.19. The van der Waals surface area contributed by atoms with Crippen LogP contribution in [0.5, 0.6) is 0 Å². The SMILES string of the molecule is Cc1noc(C)c1CN1CCCC2(CCN(c3cncnc3)C2=O)C1. The number of rotatable bonds is 3. The second-order valence-corrected chi connectivity index (χ2v) is 7.20. The molecule has 2 aliphatic heterocycles. The summed E-state index contributed by atoms with van der Waals surface area (Å²) in [7, 11) is 0. The van der Waals surface area contributed by atoms with Crippen molar-refractivity contribution < 1.29 is 9.32 Å². The molecule has 0 aromatic carbocycles. The summed E-state index contributed by atoms with van der Waals surface area (Å²) in [6, 6.07) is 0. The van der Waals surface area contributed by atoms with Gasteiger partial charge in [0.1, 0.15) is 12.1 Å². The number of carbonyl (C=O) groups excluding carboxylic acids is 1. The number of amides is 1. The van der Waals surface area contributed by atoms with Crippen LogP contribution in [0.2, 0.25) is 0 Å². The molecule has 0 bridgehead atoms. The maximum atomic E-state index is 13.2. The minimum absolute atomic E-state index is 0.214. The van der Waals surface area contributed by atoms with Crippen molar-refractivity contribution in [1.29, 1.82) is 0 Å². The molecule has 2 fully saturated rings. The van der Waals surface area contributed by atoms with E-state index in [2.05, 4.69) is 20.0 Å². The Hall–Kier alpha value is -2.28. The van der Waals surface area contributed by atoms with Gasteiger partial charge in [-0.1, -0.05) is 5.16 Å². The highest BCUT2D eigenvalue weighted by molar-refractivity contribution is 5.99. The van der Waals surface area contributed by atoms with Crippen molar-refractivity contribution in [2.75, 3.05) is 24.5 Å². The smallest absolute Gasteiger partial charge is 0.234 e. The molecule has 4 heterocycles. The van der Waals surface area contributed by atoms with Gasteiger partial charge in [-0.05, 0) is 39.7 Å². The molecule has 2 aliphatic rings. The van der Waals surface area contributed by atoms with E-state index in [1.165, 1.54) is 6.33 Å². The predicted molar refractivity (Wildman–Crippen MR) is 91.9 cm³/mol. The largest absolute Gasteiger partial charge is 0.361 e. The van der Waals surface area contributed by atoms with Gasteiger partial charge >= 0.3 is 0 Å². The van der Waals surface area contributed by atoms with Crippen LogP contribution in [0, 0.1) is 19.3 Å². The summed E-state index contributed by atoms with van der Waals surface area (Å²) in [5.41, 5.74) is 2.61. The van der Waals surface area contributed by atoms with Crippen molar-refractivity contribution >= 4 is 11.6 Å². The van der Waals surface area contributed by atoms with Gasteiger partial charge in [0.15, 0.2) is 0 Å². The maximum Gasteiger partial charge on any atom is 0.234 e. The zero-order valence-electron chi connectivity index (χ0n) is 14.7.